The minimum atomic E-state index is 0.0129. The zero-order valence-corrected chi connectivity index (χ0v) is 16.6. The summed E-state index contributed by atoms with van der Waals surface area (Å²) in [6.45, 7) is 7.55. The lowest BCUT2D eigenvalue weighted by Gasteiger charge is -2.29. The number of ether oxygens (including phenoxy) is 1. The number of anilines is 1. The number of aromatic nitrogens is 2. The van der Waals surface area contributed by atoms with Gasteiger partial charge in [0, 0.05) is 25.2 Å². The van der Waals surface area contributed by atoms with E-state index in [1.807, 2.05) is 28.8 Å². The van der Waals surface area contributed by atoms with Crippen LogP contribution in [0.2, 0.25) is 0 Å². The van der Waals surface area contributed by atoms with Gasteiger partial charge in [-0.15, -0.1) is 0 Å². The molecule has 5 nitrogen and oxygen atoms in total. The summed E-state index contributed by atoms with van der Waals surface area (Å²) in [5.41, 5.74) is 3.98. The van der Waals surface area contributed by atoms with E-state index in [2.05, 4.69) is 36.9 Å². The van der Waals surface area contributed by atoms with Crippen molar-refractivity contribution in [3.8, 4) is 5.69 Å². The van der Waals surface area contributed by atoms with Crippen molar-refractivity contribution in [2.75, 3.05) is 31.2 Å². The van der Waals surface area contributed by atoms with Crippen LogP contribution in [-0.4, -0.2) is 35.9 Å². The number of morpholine rings is 1. The minimum Gasteiger partial charge on any atom is -0.378 e. The molecule has 0 radical (unpaired) electrons. The van der Waals surface area contributed by atoms with Crippen LogP contribution in [0, 0.1) is 6.92 Å². The summed E-state index contributed by atoms with van der Waals surface area (Å²) >= 11 is 0. The smallest absolute Gasteiger partial charge is 0.265 e. The second-order valence-electron chi connectivity index (χ2n) is 7.36. The second-order valence-corrected chi connectivity index (χ2v) is 7.36. The third kappa shape index (κ3) is 3.54. The van der Waals surface area contributed by atoms with Gasteiger partial charge in [-0.05, 0) is 49.2 Å². The molecular formula is C23H27N3O2. The Labute approximate surface area is 165 Å². The van der Waals surface area contributed by atoms with Crippen LogP contribution in [0.5, 0.6) is 0 Å². The van der Waals surface area contributed by atoms with E-state index in [1.165, 1.54) is 5.69 Å². The Bertz CT molecular complexity index is 1040. The van der Waals surface area contributed by atoms with Crippen molar-refractivity contribution in [1.29, 1.82) is 0 Å². The molecule has 0 bridgehead atoms. The van der Waals surface area contributed by atoms with Crippen LogP contribution in [0.25, 0.3) is 16.6 Å². The summed E-state index contributed by atoms with van der Waals surface area (Å²) in [5.74, 6) is 0.841. The summed E-state index contributed by atoms with van der Waals surface area (Å²) in [5, 5.41) is 0.666. The molecule has 5 heteroatoms. The van der Waals surface area contributed by atoms with Crippen LogP contribution >= 0.6 is 0 Å². The molecule has 2 heterocycles. The minimum absolute atomic E-state index is 0.0129. The van der Waals surface area contributed by atoms with E-state index in [0.717, 1.165) is 68.2 Å². The Morgan fingerprint density at radius 1 is 1.11 bits per heavy atom. The Morgan fingerprint density at radius 2 is 1.89 bits per heavy atom. The number of nitrogens with zero attached hydrogens (tertiary/aromatic N) is 3. The van der Waals surface area contributed by atoms with Gasteiger partial charge in [0.25, 0.3) is 5.56 Å². The summed E-state index contributed by atoms with van der Waals surface area (Å²) < 4.78 is 7.27. The number of rotatable bonds is 5. The van der Waals surface area contributed by atoms with Gasteiger partial charge in [-0.1, -0.05) is 25.5 Å². The van der Waals surface area contributed by atoms with Crippen LogP contribution in [-0.2, 0) is 11.2 Å². The summed E-state index contributed by atoms with van der Waals surface area (Å²) in [6, 6.07) is 14.0. The van der Waals surface area contributed by atoms with Crippen molar-refractivity contribution in [3.05, 3.63) is 64.2 Å². The quantitative estimate of drug-likeness (QED) is 0.677. The number of hydrogen-bond acceptors (Lipinski definition) is 4. The number of benzene rings is 2. The van der Waals surface area contributed by atoms with Crippen molar-refractivity contribution in [2.45, 2.75) is 33.1 Å². The summed E-state index contributed by atoms with van der Waals surface area (Å²) in [7, 11) is 0. The molecule has 1 aromatic heterocycles. The van der Waals surface area contributed by atoms with E-state index in [4.69, 9.17) is 9.72 Å². The van der Waals surface area contributed by atoms with Crippen LogP contribution in [0.15, 0.2) is 47.3 Å². The average molecular weight is 377 g/mol. The summed E-state index contributed by atoms with van der Waals surface area (Å²) in [4.78, 5) is 20.5. The molecule has 1 aliphatic heterocycles. The highest BCUT2D eigenvalue weighted by molar-refractivity contribution is 5.78. The Morgan fingerprint density at radius 3 is 2.64 bits per heavy atom. The van der Waals surface area contributed by atoms with Gasteiger partial charge in [-0.3, -0.25) is 9.36 Å². The Balaban J connectivity index is 1.83. The van der Waals surface area contributed by atoms with E-state index in [-0.39, 0.29) is 5.56 Å². The van der Waals surface area contributed by atoms with Crippen LogP contribution in [0.3, 0.4) is 0 Å². The zero-order chi connectivity index (χ0) is 19.5. The highest BCUT2D eigenvalue weighted by Gasteiger charge is 2.16. The number of aryl methyl sites for hydroxylation is 2. The van der Waals surface area contributed by atoms with E-state index < -0.39 is 0 Å². The van der Waals surface area contributed by atoms with Crippen LogP contribution in [0.1, 0.15) is 31.2 Å². The fraction of sp³-hybridized carbons (Fsp3) is 0.391. The Hall–Kier alpha value is -2.66. The first-order valence-corrected chi connectivity index (χ1v) is 10.1. The SMILES string of the molecule is CCCCc1nc2ccccc2c(=O)n1-c1ccc(N2CCOCC2)cc1C. The van der Waals surface area contributed by atoms with Gasteiger partial charge in [0.1, 0.15) is 5.82 Å². The highest BCUT2D eigenvalue weighted by atomic mass is 16.5. The van der Waals surface area contributed by atoms with Crippen molar-refractivity contribution >= 4 is 16.6 Å². The first-order valence-electron chi connectivity index (χ1n) is 10.1. The lowest BCUT2D eigenvalue weighted by Crippen LogP contribution is -2.36. The predicted octanol–water partition coefficient (Wildman–Crippen LogP) is 3.87. The number of para-hydroxylation sites is 1. The third-order valence-corrected chi connectivity index (χ3v) is 5.40. The number of fused-ring (bicyclic) bond motifs is 1. The van der Waals surface area contributed by atoms with Gasteiger partial charge in [0.05, 0.1) is 29.8 Å². The van der Waals surface area contributed by atoms with E-state index >= 15 is 0 Å². The lowest BCUT2D eigenvalue weighted by molar-refractivity contribution is 0.122. The maximum Gasteiger partial charge on any atom is 0.265 e. The molecule has 0 N–H and O–H groups in total. The average Bonchev–Trinajstić information content (AvgIpc) is 2.73. The molecule has 1 fully saturated rings. The van der Waals surface area contributed by atoms with Crippen molar-refractivity contribution in [2.24, 2.45) is 0 Å². The molecule has 0 unspecified atom stereocenters. The molecule has 0 atom stereocenters. The van der Waals surface area contributed by atoms with Crippen molar-refractivity contribution in [3.63, 3.8) is 0 Å². The molecular weight excluding hydrogens is 350 g/mol. The maximum absolute atomic E-state index is 13.3. The van der Waals surface area contributed by atoms with Crippen LogP contribution in [0.4, 0.5) is 5.69 Å². The molecule has 0 aliphatic carbocycles. The van der Waals surface area contributed by atoms with Gasteiger partial charge in [-0.2, -0.15) is 0 Å². The lowest BCUT2D eigenvalue weighted by atomic mass is 10.1. The van der Waals surface area contributed by atoms with Gasteiger partial charge < -0.3 is 9.64 Å². The number of unbranched alkanes of at least 4 members (excludes halogenated alkanes) is 1. The fourth-order valence-electron chi connectivity index (χ4n) is 3.84. The maximum atomic E-state index is 13.3. The molecule has 0 spiro atoms. The first kappa shape index (κ1) is 18.7. The van der Waals surface area contributed by atoms with Crippen LogP contribution < -0.4 is 10.5 Å². The van der Waals surface area contributed by atoms with E-state index in [0.29, 0.717) is 5.39 Å². The van der Waals surface area contributed by atoms with Gasteiger partial charge >= 0.3 is 0 Å². The molecule has 0 amide bonds. The van der Waals surface area contributed by atoms with E-state index in [9.17, 15) is 4.79 Å². The predicted molar refractivity (Wildman–Crippen MR) is 114 cm³/mol. The van der Waals surface area contributed by atoms with Gasteiger partial charge in [0.15, 0.2) is 0 Å². The summed E-state index contributed by atoms with van der Waals surface area (Å²) in [6.07, 6.45) is 2.87. The zero-order valence-electron chi connectivity index (χ0n) is 16.6. The third-order valence-electron chi connectivity index (χ3n) is 5.40. The molecule has 4 rings (SSSR count). The normalized spacial score (nSPS) is 14.6. The molecule has 1 aliphatic rings. The van der Waals surface area contributed by atoms with Gasteiger partial charge in [-0.25, -0.2) is 4.98 Å². The molecule has 0 saturated carbocycles. The topological polar surface area (TPSA) is 47.4 Å². The van der Waals surface area contributed by atoms with Crippen molar-refractivity contribution in [1.82, 2.24) is 9.55 Å². The molecule has 146 valence electrons. The molecule has 2 aromatic carbocycles. The molecule has 1 saturated heterocycles. The Kier molecular flexibility index (Phi) is 5.44. The van der Waals surface area contributed by atoms with Crippen molar-refractivity contribution < 1.29 is 4.74 Å². The highest BCUT2D eigenvalue weighted by Crippen LogP contribution is 2.24. The second kappa shape index (κ2) is 8.15. The fourth-order valence-corrected chi connectivity index (χ4v) is 3.84. The molecule has 3 aromatic rings. The monoisotopic (exact) mass is 377 g/mol. The first-order chi connectivity index (χ1) is 13.7. The van der Waals surface area contributed by atoms with E-state index in [1.54, 1.807) is 0 Å². The standard InChI is InChI=1S/C23H27N3O2/c1-3-4-9-22-24-20-8-6-5-7-19(20)23(27)26(22)21-11-10-18(16-17(21)2)25-12-14-28-15-13-25/h5-8,10-11,16H,3-4,9,12-15H2,1-2H3. The largest absolute Gasteiger partial charge is 0.378 e. The number of hydrogen-bond donors (Lipinski definition) is 0. The van der Waals surface area contributed by atoms with Gasteiger partial charge in [0.2, 0.25) is 0 Å². The molecule has 28 heavy (non-hydrogen) atoms.